The van der Waals surface area contributed by atoms with Crippen LogP contribution in [0.3, 0.4) is 0 Å². The molecule has 2 aromatic rings. The molecule has 0 aliphatic carbocycles. The molecule has 0 radical (unpaired) electrons. The van der Waals surface area contributed by atoms with Gasteiger partial charge in [0.1, 0.15) is 12.4 Å². The Morgan fingerprint density at radius 3 is 2.75 bits per heavy atom. The molecule has 8 heteroatoms. The van der Waals surface area contributed by atoms with Crippen LogP contribution in [0.15, 0.2) is 29.4 Å². The molecule has 0 saturated carbocycles. The number of thioether (sulfide) groups is 1. The van der Waals surface area contributed by atoms with Crippen molar-refractivity contribution in [3.05, 3.63) is 35.6 Å². The second kappa shape index (κ2) is 6.67. The van der Waals surface area contributed by atoms with Crippen molar-refractivity contribution in [2.45, 2.75) is 11.8 Å². The summed E-state index contributed by atoms with van der Waals surface area (Å²) in [5.74, 6) is -0.287. The first-order chi connectivity index (χ1) is 9.54. The topological polar surface area (TPSA) is 55.3 Å². The molecule has 0 aliphatic rings. The average Bonchev–Trinajstić information content (AvgIpc) is 2.85. The number of hydrogen-bond donors (Lipinski definition) is 0. The smallest absolute Gasteiger partial charge is 0.294 e. The van der Waals surface area contributed by atoms with Gasteiger partial charge in [0, 0.05) is 37.4 Å². The number of carbonyl (C=O) groups is 1. The van der Waals surface area contributed by atoms with E-state index in [1.54, 1.807) is 26.2 Å². The first-order valence-corrected chi connectivity index (χ1v) is 7.23. The number of amides is 1. The molecule has 20 heavy (non-hydrogen) atoms. The minimum atomic E-state index is -0.287. The number of carbonyl (C=O) groups excluding carboxylic acids is 1. The van der Waals surface area contributed by atoms with Gasteiger partial charge in [0.15, 0.2) is 0 Å². The molecule has 1 aromatic carbocycles. The van der Waals surface area contributed by atoms with Crippen LogP contribution in [-0.2, 0) is 6.61 Å². The maximum atomic E-state index is 12.7. The van der Waals surface area contributed by atoms with Crippen LogP contribution in [0.25, 0.3) is 0 Å². The zero-order valence-electron chi connectivity index (χ0n) is 10.9. The minimum Gasteiger partial charge on any atom is -0.464 e. The van der Waals surface area contributed by atoms with E-state index < -0.39 is 0 Å². The molecule has 2 rings (SSSR count). The van der Waals surface area contributed by atoms with Crippen LogP contribution in [0, 0.1) is 5.82 Å². The van der Waals surface area contributed by atoms with Gasteiger partial charge in [0.05, 0.1) is 0 Å². The highest BCUT2D eigenvalue weighted by atomic mass is 32.2. The lowest BCUT2D eigenvalue weighted by Crippen LogP contribution is -2.16. The van der Waals surface area contributed by atoms with Gasteiger partial charge in [-0.2, -0.15) is 9.36 Å². The Hall–Kier alpha value is -1.67. The number of rotatable bonds is 4. The van der Waals surface area contributed by atoms with E-state index in [4.69, 9.17) is 4.74 Å². The zero-order chi connectivity index (χ0) is 14.5. The molecule has 1 heterocycles. The van der Waals surface area contributed by atoms with E-state index in [9.17, 15) is 9.18 Å². The van der Waals surface area contributed by atoms with Crippen molar-refractivity contribution in [1.82, 2.24) is 14.3 Å². The average molecular weight is 313 g/mol. The van der Waals surface area contributed by atoms with Crippen LogP contribution in [0.4, 0.5) is 9.18 Å². The number of hydrogen-bond acceptors (Lipinski definition) is 6. The number of ether oxygens (including phenoxy) is 1. The number of nitrogens with zero attached hydrogens (tertiary/aromatic N) is 3. The highest BCUT2D eigenvalue weighted by Crippen LogP contribution is 2.24. The summed E-state index contributed by atoms with van der Waals surface area (Å²) < 4.78 is 22.2. The summed E-state index contributed by atoms with van der Waals surface area (Å²) in [7, 11) is 3.32. The molecular formula is C12H12FN3O2S2. The normalized spacial score (nSPS) is 10.3. The SMILES string of the molecule is CN(C)C(=O)Sc1nsc(OCc2ccc(F)cc2)n1. The van der Waals surface area contributed by atoms with Crippen molar-refractivity contribution < 1.29 is 13.9 Å². The molecule has 1 amide bonds. The van der Waals surface area contributed by atoms with Gasteiger partial charge in [0.25, 0.3) is 10.4 Å². The molecule has 106 valence electrons. The Balaban J connectivity index is 1.89. The Labute approximate surface area is 123 Å². The Bertz CT molecular complexity index is 587. The number of halogens is 1. The van der Waals surface area contributed by atoms with Crippen molar-refractivity contribution in [2.75, 3.05) is 14.1 Å². The molecule has 0 fully saturated rings. The minimum absolute atomic E-state index is 0.145. The molecule has 0 bridgehead atoms. The summed E-state index contributed by atoms with van der Waals surface area (Å²) in [5.41, 5.74) is 0.833. The summed E-state index contributed by atoms with van der Waals surface area (Å²) in [5, 5.41) is 0.596. The second-order valence-corrected chi connectivity index (χ2v) is 5.65. The highest BCUT2D eigenvalue weighted by molar-refractivity contribution is 8.13. The van der Waals surface area contributed by atoms with Gasteiger partial charge >= 0.3 is 0 Å². The summed E-state index contributed by atoms with van der Waals surface area (Å²) in [6.07, 6.45) is 0. The lowest BCUT2D eigenvalue weighted by atomic mass is 10.2. The fraction of sp³-hybridized carbons (Fsp3) is 0.250. The van der Waals surface area contributed by atoms with Gasteiger partial charge in [-0.25, -0.2) is 4.39 Å². The van der Waals surface area contributed by atoms with E-state index in [1.165, 1.54) is 17.0 Å². The van der Waals surface area contributed by atoms with E-state index in [0.29, 0.717) is 10.4 Å². The lowest BCUT2D eigenvalue weighted by Gasteiger charge is -2.06. The fourth-order valence-electron chi connectivity index (χ4n) is 1.19. The van der Waals surface area contributed by atoms with Crippen LogP contribution in [0.1, 0.15) is 5.56 Å². The summed E-state index contributed by atoms with van der Waals surface area (Å²) >= 11 is 2.02. The van der Waals surface area contributed by atoms with E-state index in [0.717, 1.165) is 28.9 Å². The largest absolute Gasteiger partial charge is 0.464 e. The number of aromatic nitrogens is 2. The predicted octanol–water partition coefficient (Wildman–Crippen LogP) is 3.03. The monoisotopic (exact) mass is 313 g/mol. The molecule has 0 N–H and O–H groups in total. The molecule has 1 aromatic heterocycles. The van der Waals surface area contributed by atoms with Crippen LogP contribution in [0.5, 0.6) is 5.19 Å². The Kier molecular flexibility index (Phi) is 4.91. The van der Waals surface area contributed by atoms with Crippen molar-refractivity contribution in [3.63, 3.8) is 0 Å². The van der Waals surface area contributed by atoms with E-state index >= 15 is 0 Å². The molecule has 5 nitrogen and oxygen atoms in total. The summed E-state index contributed by atoms with van der Waals surface area (Å²) in [6.45, 7) is 0.279. The molecule has 0 saturated heterocycles. The molecule has 0 aliphatic heterocycles. The van der Waals surface area contributed by atoms with Crippen molar-refractivity contribution in [3.8, 4) is 5.19 Å². The van der Waals surface area contributed by atoms with Crippen LogP contribution in [0.2, 0.25) is 0 Å². The predicted molar refractivity (Wildman–Crippen MR) is 75.6 cm³/mol. The van der Waals surface area contributed by atoms with Crippen LogP contribution < -0.4 is 4.74 Å². The third-order valence-corrected chi connectivity index (χ3v) is 3.86. The number of benzene rings is 1. The molecular weight excluding hydrogens is 301 g/mol. The maximum absolute atomic E-state index is 12.7. The Morgan fingerprint density at radius 1 is 1.40 bits per heavy atom. The Morgan fingerprint density at radius 2 is 2.10 bits per heavy atom. The molecule has 0 spiro atoms. The molecule has 0 unspecified atom stereocenters. The second-order valence-electron chi connectivity index (χ2n) is 4.02. The van der Waals surface area contributed by atoms with E-state index in [2.05, 4.69) is 9.36 Å². The fourth-order valence-corrected chi connectivity index (χ4v) is 2.41. The first kappa shape index (κ1) is 14.7. The maximum Gasteiger partial charge on any atom is 0.294 e. The lowest BCUT2D eigenvalue weighted by molar-refractivity contribution is 0.241. The summed E-state index contributed by atoms with van der Waals surface area (Å²) in [4.78, 5) is 17.0. The van der Waals surface area contributed by atoms with Gasteiger partial charge in [-0.15, -0.1) is 0 Å². The van der Waals surface area contributed by atoms with Gasteiger partial charge in [-0.05, 0) is 17.7 Å². The van der Waals surface area contributed by atoms with Crippen molar-refractivity contribution >= 4 is 28.5 Å². The third kappa shape index (κ3) is 4.17. The first-order valence-electron chi connectivity index (χ1n) is 5.64. The van der Waals surface area contributed by atoms with Gasteiger partial charge in [0.2, 0.25) is 5.16 Å². The van der Waals surface area contributed by atoms with Gasteiger partial charge in [-0.1, -0.05) is 12.1 Å². The summed E-state index contributed by atoms with van der Waals surface area (Å²) in [6, 6.07) is 6.02. The quantitative estimate of drug-likeness (QED) is 0.812. The standard InChI is InChI=1S/C12H12FN3O2S2/c1-16(2)12(17)19-10-14-11(20-15-10)18-7-8-3-5-9(13)6-4-8/h3-6H,7H2,1-2H3. The van der Waals surface area contributed by atoms with E-state index in [1.807, 2.05) is 0 Å². The van der Waals surface area contributed by atoms with Gasteiger partial charge in [-0.3, -0.25) is 4.79 Å². The van der Waals surface area contributed by atoms with E-state index in [-0.39, 0.29) is 17.7 Å². The van der Waals surface area contributed by atoms with Crippen molar-refractivity contribution in [1.29, 1.82) is 0 Å². The highest BCUT2D eigenvalue weighted by Gasteiger charge is 2.12. The zero-order valence-corrected chi connectivity index (χ0v) is 12.5. The van der Waals surface area contributed by atoms with Crippen molar-refractivity contribution in [2.24, 2.45) is 0 Å². The molecule has 0 atom stereocenters. The van der Waals surface area contributed by atoms with Crippen LogP contribution in [-0.4, -0.2) is 33.6 Å². The van der Waals surface area contributed by atoms with Gasteiger partial charge < -0.3 is 9.64 Å². The van der Waals surface area contributed by atoms with Crippen LogP contribution >= 0.6 is 23.3 Å². The third-order valence-electron chi connectivity index (χ3n) is 2.21.